The Hall–Kier alpha value is -1.39. The van der Waals surface area contributed by atoms with Gasteiger partial charge in [0, 0.05) is 10.5 Å². The summed E-state index contributed by atoms with van der Waals surface area (Å²) in [6, 6.07) is 0. The summed E-state index contributed by atoms with van der Waals surface area (Å²) in [5.41, 5.74) is 0.355. The molecule has 0 fully saturated rings. The zero-order valence-corrected chi connectivity index (χ0v) is 6.29. The van der Waals surface area contributed by atoms with Gasteiger partial charge in [0.25, 0.3) is 0 Å². The number of rotatable bonds is 4. The average molecular weight is 158 g/mol. The predicted molar refractivity (Wildman–Crippen MR) is 39.7 cm³/mol. The SMILES string of the molecule is C=C(C)C(=O)NCC[N+](=O)[O-]. The molecule has 0 rings (SSSR count). The number of carbonyl (C=O) groups is 1. The van der Waals surface area contributed by atoms with Crippen molar-refractivity contribution in [3.63, 3.8) is 0 Å². The second-order valence-electron chi connectivity index (χ2n) is 2.09. The van der Waals surface area contributed by atoms with Gasteiger partial charge >= 0.3 is 0 Å². The first-order valence-electron chi connectivity index (χ1n) is 3.09. The number of amides is 1. The number of carbonyl (C=O) groups excluding carboxylic acids is 1. The Morgan fingerprint density at radius 1 is 1.73 bits per heavy atom. The van der Waals surface area contributed by atoms with E-state index in [-0.39, 0.29) is 19.0 Å². The van der Waals surface area contributed by atoms with E-state index in [9.17, 15) is 14.9 Å². The second kappa shape index (κ2) is 4.43. The van der Waals surface area contributed by atoms with Crippen LogP contribution >= 0.6 is 0 Å². The van der Waals surface area contributed by atoms with E-state index in [0.717, 1.165) is 0 Å². The lowest BCUT2D eigenvalue weighted by molar-refractivity contribution is -0.477. The maximum Gasteiger partial charge on any atom is 0.246 e. The van der Waals surface area contributed by atoms with Gasteiger partial charge in [-0.3, -0.25) is 14.9 Å². The molecule has 1 N–H and O–H groups in total. The zero-order valence-electron chi connectivity index (χ0n) is 6.29. The minimum absolute atomic E-state index is 0.0543. The minimum Gasteiger partial charge on any atom is -0.346 e. The minimum atomic E-state index is -0.487. The monoisotopic (exact) mass is 158 g/mol. The maximum atomic E-state index is 10.7. The van der Waals surface area contributed by atoms with E-state index in [0.29, 0.717) is 5.57 Å². The third kappa shape index (κ3) is 5.07. The molecular weight excluding hydrogens is 148 g/mol. The molecule has 0 aromatic carbocycles. The fourth-order valence-corrected chi connectivity index (χ4v) is 0.412. The molecule has 0 aliphatic heterocycles. The molecular formula is C6H10N2O3. The van der Waals surface area contributed by atoms with Gasteiger partial charge in [0.05, 0.1) is 6.54 Å². The Kier molecular flexibility index (Phi) is 3.87. The van der Waals surface area contributed by atoms with Gasteiger partial charge in [-0.15, -0.1) is 0 Å². The summed E-state index contributed by atoms with van der Waals surface area (Å²) in [4.78, 5) is 20.0. The highest BCUT2D eigenvalue weighted by Crippen LogP contribution is 1.83. The van der Waals surface area contributed by atoms with Crippen LogP contribution in [0.5, 0.6) is 0 Å². The van der Waals surface area contributed by atoms with Crippen molar-refractivity contribution in [2.45, 2.75) is 6.92 Å². The Labute approximate surface area is 64.2 Å². The molecule has 0 radical (unpaired) electrons. The molecule has 0 aliphatic rings. The molecule has 1 amide bonds. The highest BCUT2D eigenvalue weighted by molar-refractivity contribution is 5.91. The summed E-state index contributed by atoms with van der Waals surface area (Å²) >= 11 is 0. The molecule has 62 valence electrons. The molecule has 0 aromatic rings. The van der Waals surface area contributed by atoms with Crippen molar-refractivity contribution in [1.82, 2.24) is 5.32 Å². The summed E-state index contributed by atoms with van der Waals surface area (Å²) in [5, 5.41) is 12.1. The first kappa shape index (κ1) is 9.61. The van der Waals surface area contributed by atoms with Crippen LogP contribution in [0.4, 0.5) is 0 Å². The van der Waals surface area contributed by atoms with Gasteiger partial charge in [0.2, 0.25) is 12.5 Å². The number of nitrogens with one attached hydrogen (secondary N) is 1. The van der Waals surface area contributed by atoms with Gasteiger partial charge in [0.1, 0.15) is 0 Å². The van der Waals surface area contributed by atoms with Crippen LogP contribution in [0.25, 0.3) is 0 Å². The van der Waals surface area contributed by atoms with Crippen LogP contribution in [-0.2, 0) is 4.79 Å². The van der Waals surface area contributed by atoms with E-state index in [1.165, 1.54) is 0 Å². The van der Waals surface area contributed by atoms with Crippen molar-refractivity contribution in [2.24, 2.45) is 0 Å². The normalized spacial score (nSPS) is 8.82. The van der Waals surface area contributed by atoms with Gasteiger partial charge in [-0.25, -0.2) is 0 Å². The average Bonchev–Trinajstić information content (AvgIpc) is 1.86. The molecule has 0 bridgehead atoms. The van der Waals surface area contributed by atoms with Gasteiger partial charge in [-0.05, 0) is 6.92 Å². The van der Waals surface area contributed by atoms with Crippen molar-refractivity contribution in [3.05, 3.63) is 22.3 Å². The van der Waals surface area contributed by atoms with Crippen LogP contribution in [0.15, 0.2) is 12.2 Å². The number of hydrogen-bond acceptors (Lipinski definition) is 3. The summed E-state index contributed by atoms with van der Waals surface area (Å²) < 4.78 is 0. The van der Waals surface area contributed by atoms with E-state index in [1.54, 1.807) is 6.92 Å². The second-order valence-corrected chi connectivity index (χ2v) is 2.09. The summed E-state index contributed by atoms with van der Waals surface area (Å²) in [7, 11) is 0. The summed E-state index contributed by atoms with van der Waals surface area (Å²) in [6.45, 7) is 4.72. The van der Waals surface area contributed by atoms with E-state index in [2.05, 4.69) is 11.9 Å². The van der Waals surface area contributed by atoms with Crippen molar-refractivity contribution in [3.8, 4) is 0 Å². The van der Waals surface area contributed by atoms with Crippen molar-refractivity contribution >= 4 is 5.91 Å². The van der Waals surface area contributed by atoms with Gasteiger partial charge in [-0.2, -0.15) is 0 Å². The lowest BCUT2D eigenvalue weighted by Crippen LogP contribution is -2.28. The molecule has 5 heteroatoms. The quantitative estimate of drug-likeness (QED) is 0.354. The molecule has 0 aliphatic carbocycles. The third-order valence-corrected chi connectivity index (χ3v) is 0.968. The van der Waals surface area contributed by atoms with Crippen LogP contribution < -0.4 is 5.32 Å². The topological polar surface area (TPSA) is 72.2 Å². The van der Waals surface area contributed by atoms with Crippen molar-refractivity contribution < 1.29 is 9.72 Å². The largest absolute Gasteiger partial charge is 0.346 e. The Morgan fingerprint density at radius 2 is 2.27 bits per heavy atom. The van der Waals surface area contributed by atoms with Crippen molar-refractivity contribution in [2.75, 3.05) is 13.1 Å². The zero-order chi connectivity index (χ0) is 8.85. The number of hydrogen-bond donors (Lipinski definition) is 1. The molecule has 0 atom stereocenters. The molecule has 5 nitrogen and oxygen atoms in total. The highest BCUT2D eigenvalue weighted by Gasteiger charge is 2.02. The highest BCUT2D eigenvalue weighted by atomic mass is 16.6. The van der Waals surface area contributed by atoms with Gasteiger partial charge in [-0.1, -0.05) is 6.58 Å². The van der Waals surface area contributed by atoms with Crippen LogP contribution in [0, 0.1) is 10.1 Å². The van der Waals surface area contributed by atoms with Gasteiger partial charge in [0.15, 0.2) is 0 Å². The molecule has 0 spiro atoms. The van der Waals surface area contributed by atoms with E-state index in [4.69, 9.17) is 0 Å². The first-order chi connectivity index (χ1) is 5.04. The molecule has 11 heavy (non-hydrogen) atoms. The predicted octanol–water partition coefficient (Wildman–Crippen LogP) is -0.0446. The molecule has 0 heterocycles. The molecule has 0 unspecified atom stereocenters. The Morgan fingerprint density at radius 3 is 2.64 bits per heavy atom. The number of nitro groups is 1. The first-order valence-corrected chi connectivity index (χ1v) is 3.09. The number of nitrogens with zero attached hydrogens (tertiary/aromatic N) is 1. The van der Waals surface area contributed by atoms with Crippen LogP contribution in [0.1, 0.15) is 6.92 Å². The smallest absolute Gasteiger partial charge is 0.246 e. The Balaban J connectivity index is 3.47. The lowest BCUT2D eigenvalue weighted by atomic mass is 10.3. The maximum absolute atomic E-state index is 10.7. The summed E-state index contributed by atoms with van der Waals surface area (Å²) in [6.07, 6.45) is 0. The standard InChI is InChI=1S/C6H10N2O3/c1-5(2)6(9)7-3-4-8(10)11/h1,3-4H2,2H3,(H,7,9). The summed E-state index contributed by atoms with van der Waals surface area (Å²) in [5.74, 6) is -0.341. The Bertz CT molecular complexity index is 188. The van der Waals surface area contributed by atoms with E-state index >= 15 is 0 Å². The lowest BCUT2D eigenvalue weighted by Gasteiger charge is -1.99. The van der Waals surface area contributed by atoms with Gasteiger partial charge < -0.3 is 5.32 Å². The van der Waals surface area contributed by atoms with Crippen LogP contribution in [0.3, 0.4) is 0 Å². The van der Waals surface area contributed by atoms with E-state index in [1.807, 2.05) is 0 Å². The van der Waals surface area contributed by atoms with Crippen LogP contribution in [0.2, 0.25) is 0 Å². The molecule has 0 saturated heterocycles. The fraction of sp³-hybridized carbons (Fsp3) is 0.500. The molecule has 0 aromatic heterocycles. The third-order valence-electron chi connectivity index (χ3n) is 0.968. The molecule has 0 saturated carbocycles. The van der Waals surface area contributed by atoms with E-state index < -0.39 is 4.92 Å². The van der Waals surface area contributed by atoms with Crippen molar-refractivity contribution in [1.29, 1.82) is 0 Å². The fourth-order valence-electron chi connectivity index (χ4n) is 0.412. The van der Waals surface area contributed by atoms with Crippen LogP contribution in [-0.4, -0.2) is 23.9 Å².